The van der Waals surface area contributed by atoms with Gasteiger partial charge < -0.3 is 10.1 Å². The number of methoxy groups -OCH3 is 1. The molecule has 2 rings (SSSR count). The highest BCUT2D eigenvalue weighted by Crippen LogP contribution is 2.32. The molecule has 100 valence electrons. The van der Waals surface area contributed by atoms with Gasteiger partial charge in [-0.3, -0.25) is 0 Å². The number of rotatable bonds is 5. The van der Waals surface area contributed by atoms with Gasteiger partial charge in [-0.25, -0.2) is 0 Å². The van der Waals surface area contributed by atoms with Gasteiger partial charge in [0.05, 0.1) is 7.11 Å². The van der Waals surface area contributed by atoms with Crippen molar-refractivity contribution < 1.29 is 4.74 Å². The third-order valence-corrected chi connectivity index (χ3v) is 4.00. The monoisotopic (exact) mass is 273 g/mol. The Labute approximate surface area is 119 Å². The predicted octanol–water partition coefficient (Wildman–Crippen LogP) is 3.87. The van der Waals surface area contributed by atoms with E-state index in [0.29, 0.717) is 0 Å². The lowest BCUT2D eigenvalue weighted by atomic mass is 10.1. The van der Waals surface area contributed by atoms with Crippen LogP contribution in [0, 0.1) is 6.92 Å². The Kier molecular flexibility index (Phi) is 4.88. The summed E-state index contributed by atoms with van der Waals surface area (Å²) in [7, 11) is 3.66. The minimum atomic E-state index is 0.889. The first-order chi connectivity index (χ1) is 9.22. The van der Waals surface area contributed by atoms with E-state index in [1.54, 1.807) is 18.9 Å². The van der Waals surface area contributed by atoms with E-state index >= 15 is 0 Å². The highest BCUT2D eigenvalue weighted by atomic mass is 32.2. The molecule has 0 unspecified atom stereocenters. The largest absolute Gasteiger partial charge is 0.497 e. The van der Waals surface area contributed by atoms with Crippen molar-refractivity contribution in [2.75, 3.05) is 14.2 Å². The second kappa shape index (κ2) is 6.64. The third-order valence-electron chi connectivity index (χ3n) is 2.87. The highest BCUT2D eigenvalue weighted by Gasteiger charge is 2.04. The number of nitrogens with one attached hydrogen (secondary N) is 1. The fourth-order valence-electron chi connectivity index (χ4n) is 1.91. The maximum absolute atomic E-state index is 5.18. The molecule has 0 fully saturated rings. The van der Waals surface area contributed by atoms with Gasteiger partial charge in [0, 0.05) is 16.3 Å². The van der Waals surface area contributed by atoms with Gasteiger partial charge in [0.25, 0.3) is 0 Å². The van der Waals surface area contributed by atoms with Crippen LogP contribution < -0.4 is 10.1 Å². The summed E-state index contributed by atoms with van der Waals surface area (Å²) in [5.74, 6) is 0.892. The lowest BCUT2D eigenvalue weighted by molar-refractivity contribution is 0.414. The normalized spacial score (nSPS) is 10.5. The van der Waals surface area contributed by atoms with Crippen LogP contribution in [0.5, 0.6) is 5.75 Å². The van der Waals surface area contributed by atoms with Crippen molar-refractivity contribution in [1.29, 1.82) is 0 Å². The van der Waals surface area contributed by atoms with Gasteiger partial charge in [0.1, 0.15) is 5.75 Å². The molecule has 2 aromatic rings. The van der Waals surface area contributed by atoms with E-state index in [1.165, 1.54) is 20.9 Å². The number of ether oxygens (including phenoxy) is 1. The Morgan fingerprint density at radius 2 is 1.84 bits per heavy atom. The van der Waals surface area contributed by atoms with E-state index in [9.17, 15) is 0 Å². The first kappa shape index (κ1) is 14.0. The number of hydrogen-bond donors (Lipinski definition) is 1. The Bertz CT molecular complexity index is 537. The topological polar surface area (TPSA) is 21.3 Å². The summed E-state index contributed by atoms with van der Waals surface area (Å²) in [4.78, 5) is 2.52. The average molecular weight is 273 g/mol. The van der Waals surface area contributed by atoms with Crippen LogP contribution in [0.1, 0.15) is 11.1 Å². The second-order valence-corrected chi connectivity index (χ2v) is 5.53. The average Bonchev–Trinajstić information content (AvgIpc) is 2.43. The second-order valence-electron chi connectivity index (χ2n) is 4.42. The molecular weight excluding hydrogens is 254 g/mol. The molecule has 2 aromatic carbocycles. The molecule has 0 aliphatic rings. The van der Waals surface area contributed by atoms with E-state index in [1.807, 2.05) is 19.2 Å². The van der Waals surface area contributed by atoms with Crippen molar-refractivity contribution in [3.8, 4) is 5.75 Å². The molecule has 0 amide bonds. The van der Waals surface area contributed by atoms with E-state index in [-0.39, 0.29) is 0 Å². The molecule has 0 atom stereocenters. The smallest absolute Gasteiger partial charge is 0.118 e. The molecule has 19 heavy (non-hydrogen) atoms. The van der Waals surface area contributed by atoms with Gasteiger partial charge in [-0.05, 0) is 49.9 Å². The van der Waals surface area contributed by atoms with Gasteiger partial charge in [-0.1, -0.05) is 29.5 Å². The zero-order valence-corrected chi connectivity index (χ0v) is 12.4. The van der Waals surface area contributed by atoms with E-state index < -0.39 is 0 Å². The van der Waals surface area contributed by atoms with E-state index in [4.69, 9.17) is 4.74 Å². The minimum absolute atomic E-state index is 0.889. The number of benzene rings is 2. The molecule has 0 heterocycles. The minimum Gasteiger partial charge on any atom is -0.497 e. The van der Waals surface area contributed by atoms with E-state index in [2.05, 4.69) is 42.6 Å². The van der Waals surface area contributed by atoms with Crippen LogP contribution in [0.4, 0.5) is 0 Å². The van der Waals surface area contributed by atoms with Crippen molar-refractivity contribution >= 4 is 11.8 Å². The number of aryl methyl sites for hydroxylation is 1. The molecule has 0 bridgehead atoms. The zero-order valence-electron chi connectivity index (χ0n) is 11.6. The van der Waals surface area contributed by atoms with Crippen LogP contribution in [0.3, 0.4) is 0 Å². The lowest BCUT2D eigenvalue weighted by Crippen LogP contribution is -2.06. The van der Waals surface area contributed by atoms with Crippen LogP contribution >= 0.6 is 11.8 Å². The van der Waals surface area contributed by atoms with Gasteiger partial charge in [-0.2, -0.15) is 0 Å². The number of hydrogen-bond acceptors (Lipinski definition) is 3. The fourth-order valence-corrected chi connectivity index (χ4v) is 2.83. The Balaban J connectivity index is 2.21. The van der Waals surface area contributed by atoms with Crippen LogP contribution in [-0.4, -0.2) is 14.2 Å². The van der Waals surface area contributed by atoms with Crippen molar-refractivity contribution in [3.05, 3.63) is 53.6 Å². The molecule has 0 saturated carbocycles. The van der Waals surface area contributed by atoms with Crippen LogP contribution in [0.25, 0.3) is 0 Å². The zero-order chi connectivity index (χ0) is 13.7. The molecular formula is C16H19NOS. The third kappa shape index (κ3) is 3.75. The van der Waals surface area contributed by atoms with Gasteiger partial charge >= 0.3 is 0 Å². The Morgan fingerprint density at radius 3 is 2.47 bits per heavy atom. The Morgan fingerprint density at radius 1 is 1.11 bits per heavy atom. The Hall–Kier alpha value is -1.45. The maximum atomic E-state index is 5.18. The van der Waals surface area contributed by atoms with Crippen LogP contribution in [0.2, 0.25) is 0 Å². The highest BCUT2D eigenvalue weighted by molar-refractivity contribution is 7.99. The van der Waals surface area contributed by atoms with Gasteiger partial charge in [0.2, 0.25) is 0 Å². The summed E-state index contributed by atoms with van der Waals surface area (Å²) >= 11 is 1.79. The van der Waals surface area contributed by atoms with Crippen molar-refractivity contribution in [1.82, 2.24) is 5.32 Å². The lowest BCUT2D eigenvalue weighted by Gasteiger charge is -2.10. The SMILES string of the molecule is CNCc1cc(C)ccc1Sc1ccc(OC)cc1. The maximum Gasteiger partial charge on any atom is 0.118 e. The summed E-state index contributed by atoms with van der Waals surface area (Å²) in [6, 6.07) is 14.8. The van der Waals surface area contributed by atoms with Crippen molar-refractivity contribution in [3.63, 3.8) is 0 Å². The molecule has 0 spiro atoms. The van der Waals surface area contributed by atoms with Crippen molar-refractivity contribution in [2.45, 2.75) is 23.3 Å². The van der Waals surface area contributed by atoms with Gasteiger partial charge in [-0.15, -0.1) is 0 Å². The van der Waals surface area contributed by atoms with Crippen LogP contribution in [-0.2, 0) is 6.54 Å². The molecule has 0 aliphatic heterocycles. The van der Waals surface area contributed by atoms with Crippen molar-refractivity contribution in [2.24, 2.45) is 0 Å². The molecule has 3 heteroatoms. The standard InChI is InChI=1S/C16H19NOS/c1-12-4-9-16(13(10-12)11-17-2)19-15-7-5-14(18-3)6-8-15/h4-10,17H,11H2,1-3H3. The molecule has 1 N–H and O–H groups in total. The molecule has 2 nitrogen and oxygen atoms in total. The summed E-state index contributed by atoms with van der Waals surface area (Å²) in [5, 5.41) is 3.22. The first-order valence-corrected chi connectivity index (χ1v) is 7.10. The first-order valence-electron chi connectivity index (χ1n) is 6.29. The summed E-state index contributed by atoms with van der Waals surface area (Å²) in [5.41, 5.74) is 2.63. The molecule has 0 aromatic heterocycles. The summed E-state index contributed by atoms with van der Waals surface area (Å²) in [6.07, 6.45) is 0. The molecule has 0 radical (unpaired) electrons. The van der Waals surface area contributed by atoms with E-state index in [0.717, 1.165) is 12.3 Å². The quantitative estimate of drug-likeness (QED) is 0.893. The fraction of sp³-hybridized carbons (Fsp3) is 0.250. The molecule has 0 saturated heterocycles. The summed E-state index contributed by atoms with van der Waals surface area (Å²) in [6.45, 7) is 3.02. The van der Waals surface area contributed by atoms with Gasteiger partial charge in [0.15, 0.2) is 0 Å². The molecule has 0 aliphatic carbocycles. The summed E-state index contributed by atoms with van der Waals surface area (Å²) < 4.78 is 5.18. The van der Waals surface area contributed by atoms with Crippen LogP contribution in [0.15, 0.2) is 52.3 Å². The predicted molar refractivity (Wildman–Crippen MR) is 81.1 cm³/mol.